The highest BCUT2D eigenvalue weighted by atomic mass is 16.4. The molecule has 6 heteroatoms. The van der Waals surface area contributed by atoms with Gasteiger partial charge in [0.2, 0.25) is 0 Å². The smallest absolute Gasteiger partial charge is 0.303 e. The molecule has 0 spiro atoms. The summed E-state index contributed by atoms with van der Waals surface area (Å²) in [5.74, 6) is -1.67. The predicted molar refractivity (Wildman–Crippen MR) is 68.1 cm³/mol. The lowest BCUT2D eigenvalue weighted by molar-refractivity contribution is -0.141. The molecule has 0 aromatic carbocycles. The van der Waals surface area contributed by atoms with Crippen molar-refractivity contribution in [1.82, 2.24) is 9.88 Å². The van der Waals surface area contributed by atoms with Gasteiger partial charge < -0.3 is 5.11 Å². The van der Waals surface area contributed by atoms with Crippen LogP contribution in [0.4, 0.5) is 0 Å². The summed E-state index contributed by atoms with van der Waals surface area (Å²) in [5, 5.41) is 8.99. The molecular weight excluding hydrogens is 260 g/mol. The number of aromatic nitrogens is 1. The van der Waals surface area contributed by atoms with E-state index in [-0.39, 0.29) is 24.6 Å². The molecule has 1 N–H and O–H groups in total. The summed E-state index contributed by atoms with van der Waals surface area (Å²) in [6.45, 7) is 0.174. The maximum absolute atomic E-state index is 12.2. The van der Waals surface area contributed by atoms with Gasteiger partial charge in [0.1, 0.15) is 5.69 Å². The van der Waals surface area contributed by atoms with E-state index in [1.807, 2.05) is 0 Å². The SMILES string of the molecule is O=C(O)CC1(CN2C(=O)c3cccnc3C2=O)CCC1. The van der Waals surface area contributed by atoms with Gasteiger partial charge in [0.25, 0.3) is 11.8 Å². The highest BCUT2D eigenvalue weighted by molar-refractivity contribution is 6.20. The first-order valence-corrected chi connectivity index (χ1v) is 6.55. The average Bonchev–Trinajstić information content (AvgIpc) is 2.61. The van der Waals surface area contributed by atoms with Gasteiger partial charge in [0.05, 0.1) is 12.0 Å². The van der Waals surface area contributed by atoms with Crippen molar-refractivity contribution in [3.8, 4) is 0 Å². The molecule has 1 fully saturated rings. The highest BCUT2D eigenvalue weighted by Crippen LogP contribution is 2.45. The van der Waals surface area contributed by atoms with Crippen LogP contribution in [0.25, 0.3) is 0 Å². The minimum Gasteiger partial charge on any atom is -0.481 e. The second kappa shape index (κ2) is 4.40. The number of carbonyl (C=O) groups excluding carboxylic acids is 2. The van der Waals surface area contributed by atoms with Crippen LogP contribution in [0.1, 0.15) is 46.5 Å². The molecule has 2 heterocycles. The van der Waals surface area contributed by atoms with Crippen LogP contribution in [0, 0.1) is 5.41 Å². The maximum Gasteiger partial charge on any atom is 0.303 e. The number of aliphatic carboxylic acids is 1. The van der Waals surface area contributed by atoms with Crippen LogP contribution in [0.5, 0.6) is 0 Å². The summed E-state index contributed by atoms with van der Waals surface area (Å²) in [7, 11) is 0. The number of nitrogens with zero attached hydrogens (tertiary/aromatic N) is 2. The van der Waals surface area contributed by atoms with Gasteiger partial charge >= 0.3 is 5.97 Å². The summed E-state index contributed by atoms with van der Waals surface area (Å²) < 4.78 is 0. The van der Waals surface area contributed by atoms with Crippen LogP contribution in [0.15, 0.2) is 18.3 Å². The van der Waals surface area contributed by atoms with E-state index in [1.54, 1.807) is 12.1 Å². The van der Waals surface area contributed by atoms with E-state index in [0.717, 1.165) is 24.2 Å². The van der Waals surface area contributed by atoms with Crippen molar-refractivity contribution >= 4 is 17.8 Å². The Hall–Kier alpha value is -2.24. The molecule has 0 bridgehead atoms. The molecule has 1 aliphatic heterocycles. The second-order valence-electron chi connectivity index (χ2n) is 5.52. The van der Waals surface area contributed by atoms with Crippen LogP contribution in [0.3, 0.4) is 0 Å². The predicted octanol–water partition coefficient (Wildman–Crippen LogP) is 1.32. The Labute approximate surface area is 115 Å². The zero-order chi connectivity index (χ0) is 14.3. The number of carbonyl (C=O) groups is 3. The van der Waals surface area contributed by atoms with Gasteiger partial charge in [-0.25, -0.2) is 0 Å². The zero-order valence-corrected chi connectivity index (χ0v) is 10.8. The van der Waals surface area contributed by atoms with Crippen molar-refractivity contribution in [3.63, 3.8) is 0 Å². The normalized spacial score (nSPS) is 19.7. The Kier molecular flexibility index (Phi) is 2.81. The van der Waals surface area contributed by atoms with Crippen LogP contribution in [-0.2, 0) is 4.79 Å². The Morgan fingerprint density at radius 1 is 1.35 bits per heavy atom. The summed E-state index contributed by atoms with van der Waals surface area (Å²) in [6, 6.07) is 3.19. The summed E-state index contributed by atoms with van der Waals surface area (Å²) in [4.78, 5) is 40.5. The first kappa shape index (κ1) is 12.8. The number of carboxylic acids is 1. The summed E-state index contributed by atoms with van der Waals surface area (Å²) in [5.41, 5.74) is 0.0173. The van der Waals surface area contributed by atoms with E-state index in [1.165, 1.54) is 6.20 Å². The van der Waals surface area contributed by atoms with Gasteiger partial charge in [0.15, 0.2) is 0 Å². The molecular formula is C14H14N2O4. The highest BCUT2D eigenvalue weighted by Gasteiger charge is 2.46. The molecule has 1 aromatic rings. The van der Waals surface area contributed by atoms with E-state index in [9.17, 15) is 14.4 Å². The van der Waals surface area contributed by atoms with Gasteiger partial charge in [-0.05, 0) is 30.4 Å². The Morgan fingerprint density at radius 3 is 2.65 bits per heavy atom. The zero-order valence-electron chi connectivity index (χ0n) is 10.8. The van der Waals surface area contributed by atoms with E-state index in [0.29, 0.717) is 5.56 Å². The lowest BCUT2D eigenvalue weighted by atomic mass is 9.66. The molecule has 0 unspecified atom stereocenters. The molecule has 1 aromatic heterocycles. The number of rotatable bonds is 4. The standard InChI is InChI=1S/C14H14N2O4/c17-10(18)7-14(4-2-5-14)8-16-12(19)9-3-1-6-15-11(9)13(16)20/h1,3,6H,2,4-5,7-8H2,(H,17,18). The van der Waals surface area contributed by atoms with E-state index in [2.05, 4.69) is 4.98 Å². The molecule has 2 aliphatic rings. The Balaban J connectivity index is 1.84. The van der Waals surface area contributed by atoms with E-state index >= 15 is 0 Å². The van der Waals surface area contributed by atoms with Crippen molar-refractivity contribution < 1.29 is 19.5 Å². The number of amides is 2. The Morgan fingerprint density at radius 2 is 2.10 bits per heavy atom. The molecule has 104 valence electrons. The minimum absolute atomic E-state index is 0.00612. The molecule has 2 amide bonds. The average molecular weight is 274 g/mol. The van der Waals surface area contributed by atoms with Crippen LogP contribution >= 0.6 is 0 Å². The molecule has 6 nitrogen and oxygen atoms in total. The van der Waals surface area contributed by atoms with Crippen molar-refractivity contribution in [3.05, 3.63) is 29.6 Å². The lowest BCUT2D eigenvalue weighted by Gasteiger charge is -2.42. The summed E-state index contributed by atoms with van der Waals surface area (Å²) >= 11 is 0. The number of hydrogen-bond acceptors (Lipinski definition) is 4. The molecule has 0 atom stereocenters. The van der Waals surface area contributed by atoms with Crippen molar-refractivity contribution in [2.45, 2.75) is 25.7 Å². The fourth-order valence-corrected chi connectivity index (χ4v) is 2.98. The number of pyridine rings is 1. The number of hydrogen-bond donors (Lipinski definition) is 1. The van der Waals surface area contributed by atoms with Gasteiger partial charge in [-0.3, -0.25) is 24.3 Å². The van der Waals surface area contributed by atoms with Crippen molar-refractivity contribution in [2.75, 3.05) is 6.54 Å². The molecule has 0 radical (unpaired) electrons. The van der Waals surface area contributed by atoms with Crippen LogP contribution in [0.2, 0.25) is 0 Å². The molecule has 20 heavy (non-hydrogen) atoms. The van der Waals surface area contributed by atoms with Crippen molar-refractivity contribution in [1.29, 1.82) is 0 Å². The minimum atomic E-state index is -0.889. The third kappa shape index (κ3) is 1.88. The third-order valence-corrected chi connectivity index (χ3v) is 4.16. The molecule has 1 aliphatic carbocycles. The first-order valence-electron chi connectivity index (χ1n) is 6.55. The fraction of sp³-hybridized carbons (Fsp3) is 0.429. The van der Waals surface area contributed by atoms with E-state index < -0.39 is 17.3 Å². The lowest BCUT2D eigenvalue weighted by Crippen LogP contribution is -2.45. The molecule has 1 saturated carbocycles. The van der Waals surface area contributed by atoms with Gasteiger partial charge in [-0.1, -0.05) is 6.42 Å². The second-order valence-corrected chi connectivity index (χ2v) is 5.52. The third-order valence-electron chi connectivity index (χ3n) is 4.16. The largest absolute Gasteiger partial charge is 0.481 e. The van der Waals surface area contributed by atoms with Crippen LogP contribution < -0.4 is 0 Å². The summed E-state index contributed by atoms with van der Waals surface area (Å²) in [6.07, 6.45) is 3.88. The molecule has 3 rings (SSSR count). The number of carboxylic acid groups (broad SMARTS) is 1. The monoisotopic (exact) mass is 274 g/mol. The topological polar surface area (TPSA) is 87.6 Å². The van der Waals surface area contributed by atoms with Gasteiger partial charge in [-0.2, -0.15) is 0 Å². The Bertz CT molecular complexity index is 572. The first-order chi connectivity index (χ1) is 9.52. The van der Waals surface area contributed by atoms with Gasteiger partial charge in [0, 0.05) is 12.7 Å². The van der Waals surface area contributed by atoms with Crippen LogP contribution in [-0.4, -0.2) is 39.3 Å². The fourth-order valence-electron chi connectivity index (χ4n) is 2.98. The molecule has 0 saturated heterocycles. The number of imide groups is 1. The quantitative estimate of drug-likeness (QED) is 0.837. The maximum atomic E-state index is 12.2. The van der Waals surface area contributed by atoms with Crippen molar-refractivity contribution in [2.24, 2.45) is 5.41 Å². The van der Waals surface area contributed by atoms with E-state index in [4.69, 9.17) is 5.11 Å². The number of fused-ring (bicyclic) bond motifs is 1. The van der Waals surface area contributed by atoms with Gasteiger partial charge in [-0.15, -0.1) is 0 Å².